The van der Waals surface area contributed by atoms with Crippen LogP contribution in [0, 0.1) is 0 Å². The molecule has 0 spiro atoms. The number of unbranched alkanes of at least 4 members (excludes halogenated alkanes) is 12. The summed E-state index contributed by atoms with van der Waals surface area (Å²) >= 11 is 0. The molecular formula is C21H40O2. The van der Waals surface area contributed by atoms with Gasteiger partial charge in [0.1, 0.15) is 5.60 Å². The third kappa shape index (κ3) is 15.9. The van der Waals surface area contributed by atoms with E-state index in [1.807, 2.05) is 13.8 Å². The van der Waals surface area contributed by atoms with Gasteiger partial charge in [0.2, 0.25) is 0 Å². The number of carbonyl (C=O) groups excluding carboxylic acids is 1. The summed E-state index contributed by atoms with van der Waals surface area (Å²) in [4.78, 5) is 11.2. The van der Waals surface area contributed by atoms with Gasteiger partial charge in [-0.05, 0) is 26.7 Å². The highest BCUT2D eigenvalue weighted by Crippen LogP contribution is 2.20. The maximum absolute atomic E-state index is 11.2. The van der Waals surface area contributed by atoms with Gasteiger partial charge in [-0.15, -0.1) is 0 Å². The zero-order valence-electron chi connectivity index (χ0n) is 16.0. The lowest BCUT2D eigenvalue weighted by Crippen LogP contribution is -2.27. The Labute approximate surface area is 145 Å². The van der Waals surface area contributed by atoms with E-state index in [9.17, 15) is 4.79 Å². The Morgan fingerprint density at radius 3 is 1.61 bits per heavy atom. The van der Waals surface area contributed by atoms with Gasteiger partial charge < -0.3 is 4.74 Å². The SMILES string of the molecule is C=CC(=O)OC(C)(C)CCCCCCCCCCCCCCC. The molecule has 0 bridgehead atoms. The number of hydrogen-bond acceptors (Lipinski definition) is 2. The molecule has 0 heterocycles. The lowest BCUT2D eigenvalue weighted by Gasteiger charge is -2.24. The first-order valence-electron chi connectivity index (χ1n) is 9.87. The quantitative estimate of drug-likeness (QED) is 0.174. The summed E-state index contributed by atoms with van der Waals surface area (Å²) in [6.45, 7) is 9.67. The lowest BCUT2D eigenvalue weighted by atomic mass is 9.99. The molecule has 0 aromatic heterocycles. The molecule has 0 aromatic carbocycles. The Hall–Kier alpha value is -0.790. The molecule has 0 aliphatic rings. The minimum Gasteiger partial charge on any atom is -0.457 e. The van der Waals surface area contributed by atoms with Crippen LogP contribution >= 0.6 is 0 Å². The average Bonchev–Trinajstić information content (AvgIpc) is 2.51. The Morgan fingerprint density at radius 2 is 1.22 bits per heavy atom. The Balaban J connectivity index is 3.30. The molecule has 0 fully saturated rings. The Bertz CT molecular complexity index is 294. The van der Waals surface area contributed by atoms with Crippen molar-refractivity contribution in [2.24, 2.45) is 0 Å². The van der Waals surface area contributed by atoms with Gasteiger partial charge in [-0.1, -0.05) is 90.6 Å². The highest BCUT2D eigenvalue weighted by atomic mass is 16.6. The fourth-order valence-corrected chi connectivity index (χ4v) is 2.93. The summed E-state index contributed by atoms with van der Waals surface area (Å²) in [5, 5.41) is 0. The van der Waals surface area contributed by atoms with Crippen LogP contribution in [0.5, 0.6) is 0 Å². The van der Waals surface area contributed by atoms with Crippen LogP contribution in [0.1, 0.15) is 111 Å². The van der Waals surface area contributed by atoms with Gasteiger partial charge in [-0.2, -0.15) is 0 Å². The van der Waals surface area contributed by atoms with Crippen molar-refractivity contribution in [2.75, 3.05) is 0 Å². The zero-order valence-corrected chi connectivity index (χ0v) is 16.0. The summed E-state index contributed by atoms with van der Waals surface area (Å²) in [5.74, 6) is -0.315. The predicted octanol–water partition coefficient (Wildman–Crippen LogP) is 6.98. The van der Waals surface area contributed by atoms with Crippen molar-refractivity contribution in [3.8, 4) is 0 Å². The molecule has 0 saturated heterocycles. The number of rotatable bonds is 16. The molecule has 2 nitrogen and oxygen atoms in total. The summed E-state index contributed by atoms with van der Waals surface area (Å²) < 4.78 is 5.34. The lowest BCUT2D eigenvalue weighted by molar-refractivity contribution is -0.150. The van der Waals surface area contributed by atoms with E-state index >= 15 is 0 Å². The molecule has 0 unspecified atom stereocenters. The Morgan fingerprint density at radius 1 is 0.826 bits per heavy atom. The highest BCUT2D eigenvalue weighted by Gasteiger charge is 2.20. The second-order valence-electron chi connectivity index (χ2n) is 7.38. The predicted molar refractivity (Wildman–Crippen MR) is 101 cm³/mol. The maximum atomic E-state index is 11.2. The molecule has 0 aliphatic heterocycles. The van der Waals surface area contributed by atoms with E-state index in [2.05, 4.69) is 13.5 Å². The number of hydrogen-bond donors (Lipinski definition) is 0. The molecule has 0 saturated carbocycles. The number of carbonyl (C=O) groups is 1. The summed E-state index contributed by atoms with van der Waals surface area (Å²) in [6, 6.07) is 0. The molecule has 23 heavy (non-hydrogen) atoms. The molecule has 0 rings (SSSR count). The van der Waals surface area contributed by atoms with Crippen molar-refractivity contribution < 1.29 is 9.53 Å². The van der Waals surface area contributed by atoms with E-state index in [1.165, 1.54) is 83.1 Å². The molecule has 2 heteroatoms. The summed E-state index contributed by atoms with van der Waals surface area (Å²) in [5.41, 5.74) is -0.358. The smallest absolute Gasteiger partial charge is 0.330 e. The van der Waals surface area contributed by atoms with E-state index in [4.69, 9.17) is 4.74 Å². The first-order chi connectivity index (χ1) is 11.0. The molecule has 0 N–H and O–H groups in total. The topological polar surface area (TPSA) is 26.3 Å². The van der Waals surface area contributed by atoms with Crippen molar-refractivity contribution in [2.45, 2.75) is 116 Å². The second kappa shape index (κ2) is 14.8. The Kier molecular flexibility index (Phi) is 14.3. The van der Waals surface area contributed by atoms with Crippen molar-refractivity contribution in [1.29, 1.82) is 0 Å². The fourth-order valence-electron chi connectivity index (χ4n) is 2.93. The molecule has 0 aromatic rings. The standard InChI is InChI=1S/C21H40O2/c1-5-7-8-9-10-11-12-13-14-15-16-17-18-19-21(3,4)23-20(22)6-2/h6H,2,5,7-19H2,1,3-4H3. The van der Waals surface area contributed by atoms with Crippen molar-refractivity contribution in [3.63, 3.8) is 0 Å². The van der Waals surface area contributed by atoms with E-state index in [0.29, 0.717) is 0 Å². The van der Waals surface area contributed by atoms with Gasteiger partial charge in [-0.25, -0.2) is 4.79 Å². The van der Waals surface area contributed by atoms with E-state index in [-0.39, 0.29) is 11.6 Å². The van der Waals surface area contributed by atoms with Gasteiger partial charge in [0.15, 0.2) is 0 Å². The van der Waals surface area contributed by atoms with Crippen molar-refractivity contribution >= 4 is 5.97 Å². The van der Waals surface area contributed by atoms with Crippen LogP contribution in [0.2, 0.25) is 0 Å². The second-order valence-corrected chi connectivity index (χ2v) is 7.38. The minimum absolute atomic E-state index is 0.315. The van der Waals surface area contributed by atoms with Gasteiger partial charge in [-0.3, -0.25) is 0 Å². The average molecular weight is 325 g/mol. The van der Waals surface area contributed by atoms with Crippen LogP contribution < -0.4 is 0 Å². The highest BCUT2D eigenvalue weighted by molar-refractivity contribution is 5.81. The van der Waals surface area contributed by atoms with Crippen molar-refractivity contribution in [3.05, 3.63) is 12.7 Å². The van der Waals surface area contributed by atoms with Crippen LogP contribution in [-0.2, 0) is 9.53 Å². The normalized spacial score (nSPS) is 11.4. The van der Waals surface area contributed by atoms with Crippen LogP contribution in [0.15, 0.2) is 12.7 Å². The van der Waals surface area contributed by atoms with E-state index in [0.717, 1.165) is 12.8 Å². The zero-order chi connectivity index (χ0) is 17.4. The third-order valence-corrected chi connectivity index (χ3v) is 4.43. The minimum atomic E-state index is -0.358. The third-order valence-electron chi connectivity index (χ3n) is 4.43. The number of esters is 1. The van der Waals surface area contributed by atoms with Crippen LogP contribution in [0.25, 0.3) is 0 Å². The summed E-state index contributed by atoms with van der Waals surface area (Å²) in [7, 11) is 0. The molecule has 0 aliphatic carbocycles. The van der Waals surface area contributed by atoms with Crippen molar-refractivity contribution in [1.82, 2.24) is 0 Å². The molecular weight excluding hydrogens is 284 g/mol. The van der Waals surface area contributed by atoms with E-state index < -0.39 is 0 Å². The van der Waals surface area contributed by atoms with Gasteiger partial charge >= 0.3 is 5.97 Å². The van der Waals surface area contributed by atoms with E-state index in [1.54, 1.807) is 0 Å². The first-order valence-corrected chi connectivity index (χ1v) is 9.87. The monoisotopic (exact) mass is 324 g/mol. The summed E-state index contributed by atoms with van der Waals surface area (Å²) in [6.07, 6.45) is 19.9. The molecule has 0 amide bonds. The molecule has 0 radical (unpaired) electrons. The van der Waals surface area contributed by atoms with Gasteiger partial charge in [0.05, 0.1) is 0 Å². The molecule has 0 atom stereocenters. The maximum Gasteiger partial charge on any atom is 0.330 e. The van der Waals surface area contributed by atoms with Crippen LogP contribution in [0.3, 0.4) is 0 Å². The first kappa shape index (κ1) is 22.2. The van der Waals surface area contributed by atoms with Gasteiger partial charge in [0.25, 0.3) is 0 Å². The van der Waals surface area contributed by atoms with Crippen LogP contribution in [-0.4, -0.2) is 11.6 Å². The number of ether oxygens (including phenoxy) is 1. The van der Waals surface area contributed by atoms with Gasteiger partial charge in [0, 0.05) is 6.08 Å². The largest absolute Gasteiger partial charge is 0.457 e. The fraction of sp³-hybridized carbons (Fsp3) is 0.857. The molecule has 136 valence electrons. The van der Waals surface area contributed by atoms with Crippen LogP contribution in [0.4, 0.5) is 0 Å².